The molecule has 2 N–H and O–H groups in total. The van der Waals surface area contributed by atoms with E-state index in [9.17, 15) is 0 Å². The number of hydrogen-bond acceptors (Lipinski definition) is 5. The smallest absolute Gasteiger partial charge is 0.210 e. The number of hydrogen-bond donors (Lipinski definition) is 2. The number of allylic oxidation sites excluding steroid dienone is 8. The number of aryl methyl sites for hydroxylation is 2. The van der Waals surface area contributed by atoms with Crippen LogP contribution in [-0.4, -0.2) is 50.8 Å². The molecular weight excluding hydrogens is 712 g/mol. The third kappa shape index (κ3) is 7.88. The second-order valence-corrected chi connectivity index (χ2v) is 16.7. The standard InChI is InChI=1S/C49H56ClN4O2/c1-33-11-9-13-37(29-33)51-39-19-21-43-41(31-39)48(3,4)45(53(43)25-27-55-7)23-17-35-15-16-36(47(35)50)18-24-46-49(5,6)42-32-40(52-38-14-10-12-34(2)30-38)20-22-44(42)54(46)26-28-56-8/h9-14,17-24,29-32,51-52H,15-16,25-28H2,1-8H3/q+1. The second-order valence-electron chi connectivity index (χ2n) is 16.3. The van der Waals surface area contributed by atoms with E-state index in [-0.39, 0.29) is 10.8 Å². The lowest BCUT2D eigenvalue weighted by atomic mass is 9.81. The van der Waals surface area contributed by atoms with Gasteiger partial charge in [-0.3, -0.25) is 0 Å². The lowest BCUT2D eigenvalue weighted by Crippen LogP contribution is -2.28. The van der Waals surface area contributed by atoms with E-state index in [2.05, 4.69) is 171 Å². The van der Waals surface area contributed by atoms with E-state index in [4.69, 9.17) is 21.1 Å². The molecule has 4 aromatic rings. The van der Waals surface area contributed by atoms with Crippen LogP contribution in [-0.2, 0) is 20.3 Å². The summed E-state index contributed by atoms with van der Waals surface area (Å²) in [5.41, 5.74) is 16.2. The number of fused-ring (bicyclic) bond motifs is 2. The zero-order chi connectivity index (χ0) is 39.6. The van der Waals surface area contributed by atoms with Crippen LogP contribution in [0.1, 0.15) is 62.8 Å². The van der Waals surface area contributed by atoms with Gasteiger partial charge in [0.15, 0.2) is 12.3 Å². The molecule has 0 saturated heterocycles. The highest BCUT2D eigenvalue weighted by atomic mass is 35.5. The molecule has 0 radical (unpaired) electrons. The van der Waals surface area contributed by atoms with Crippen LogP contribution < -0.4 is 15.5 Å². The Hall–Kier alpha value is -4.88. The number of nitrogens with zero attached hydrogens (tertiary/aromatic N) is 2. The zero-order valence-electron chi connectivity index (χ0n) is 34.2. The molecule has 0 saturated carbocycles. The van der Waals surface area contributed by atoms with Gasteiger partial charge >= 0.3 is 0 Å². The van der Waals surface area contributed by atoms with Gasteiger partial charge in [0.05, 0.1) is 12.0 Å². The number of benzene rings is 4. The molecule has 7 rings (SSSR count). The molecule has 290 valence electrons. The number of halogens is 1. The summed E-state index contributed by atoms with van der Waals surface area (Å²) in [6, 6.07) is 30.4. The van der Waals surface area contributed by atoms with Crippen LogP contribution in [0.2, 0.25) is 0 Å². The summed E-state index contributed by atoms with van der Waals surface area (Å²) in [5, 5.41) is 8.09. The van der Waals surface area contributed by atoms with Crippen LogP contribution in [0, 0.1) is 13.8 Å². The number of nitrogens with one attached hydrogen (secondary N) is 2. The normalized spacial score (nSPS) is 18.5. The zero-order valence-corrected chi connectivity index (χ0v) is 35.0. The minimum absolute atomic E-state index is 0.219. The fourth-order valence-electron chi connectivity index (χ4n) is 8.50. The van der Waals surface area contributed by atoms with Crippen molar-refractivity contribution in [2.24, 2.45) is 0 Å². The summed E-state index contributed by atoms with van der Waals surface area (Å²) in [6.07, 6.45) is 10.9. The highest BCUT2D eigenvalue weighted by molar-refractivity contribution is 6.33. The Morgan fingerprint density at radius 1 is 0.714 bits per heavy atom. The Morgan fingerprint density at radius 2 is 1.34 bits per heavy atom. The predicted molar refractivity (Wildman–Crippen MR) is 236 cm³/mol. The van der Waals surface area contributed by atoms with E-state index in [1.54, 1.807) is 14.2 Å². The average Bonchev–Trinajstić information content (AvgIpc) is 3.70. The second kappa shape index (κ2) is 16.3. The molecule has 6 nitrogen and oxygen atoms in total. The van der Waals surface area contributed by atoms with Gasteiger partial charge in [-0.2, -0.15) is 4.58 Å². The summed E-state index contributed by atoms with van der Waals surface area (Å²) in [6.45, 7) is 16.3. The topological polar surface area (TPSA) is 48.8 Å². The minimum Gasteiger partial charge on any atom is -0.383 e. The lowest BCUT2D eigenvalue weighted by molar-refractivity contribution is -0.441. The van der Waals surface area contributed by atoms with Crippen molar-refractivity contribution in [1.82, 2.24) is 0 Å². The molecule has 0 bridgehead atoms. The van der Waals surface area contributed by atoms with E-state index < -0.39 is 0 Å². The predicted octanol–water partition coefficient (Wildman–Crippen LogP) is 11.9. The Bertz CT molecular complexity index is 2290. The molecular formula is C49H56ClN4O2+. The number of rotatable bonds is 13. The molecule has 4 aromatic carbocycles. The highest BCUT2D eigenvalue weighted by Gasteiger charge is 2.44. The molecule has 2 heterocycles. The monoisotopic (exact) mass is 767 g/mol. The summed E-state index contributed by atoms with van der Waals surface area (Å²) in [5.74, 6) is 0. The summed E-state index contributed by atoms with van der Waals surface area (Å²) < 4.78 is 13.6. The van der Waals surface area contributed by atoms with Crippen LogP contribution in [0.4, 0.5) is 34.1 Å². The molecule has 0 unspecified atom stereocenters. The maximum atomic E-state index is 7.23. The maximum absolute atomic E-state index is 7.23. The summed E-state index contributed by atoms with van der Waals surface area (Å²) in [7, 11) is 3.53. The fourth-order valence-corrected chi connectivity index (χ4v) is 8.81. The van der Waals surface area contributed by atoms with Crippen LogP contribution in [0.15, 0.2) is 131 Å². The molecule has 0 atom stereocenters. The molecule has 7 heteroatoms. The van der Waals surface area contributed by atoms with Gasteiger partial charge in [-0.1, -0.05) is 61.9 Å². The first-order chi connectivity index (χ1) is 26.9. The van der Waals surface area contributed by atoms with Crippen LogP contribution in [0.5, 0.6) is 0 Å². The van der Waals surface area contributed by atoms with Gasteiger partial charge < -0.3 is 25.0 Å². The van der Waals surface area contributed by atoms with Gasteiger partial charge in [0.1, 0.15) is 6.61 Å². The van der Waals surface area contributed by atoms with Gasteiger partial charge in [-0.25, -0.2) is 0 Å². The molecule has 0 fully saturated rings. The van der Waals surface area contributed by atoms with Gasteiger partial charge in [0, 0.05) is 83.1 Å². The van der Waals surface area contributed by atoms with Crippen molar-refractivity contribution in [2.75, 3.05) is 56.1 Å². The van der Waals surface area contributed by atoms with Crippen LogP contribution in [0.3, 0.4) is 0 Å². The molecule has 56 heavy (non-hydrogen) atoms. The van der Waals surface area contributed by atoms with Gasteiger partial charge in [-0.05, 0) is 129 Å². The first kappa shape index (κ1) is 39.4. The quantitative estimate of drug-likeness (QED) is 0.133. The average molecular weight is 768 g/mol. The van der Waals surface area contributed by atoms with E-state index >= 15 is 0 Å². The van der Waals surface area contributed by atoms with Crippen molar-refractivity contribution in [3.63, 3.8) is 0 Å². The van der Waals surface area contributed by atoms with Crippen molar-refractivity contribution in [3.8, 4) is 0 Å². The van der Waals surface area contributed by atoms with E-state index in [0.717, 1.165) is 53.7 Å². The van der Waals surface area contributed by atoms with Crippen molar-refractivity contribution in [3.05, 3.63) is 153 Å². The van der Waals surface area contributed by atoms with E-state index in [0.29, 0.717) is 13.2 Å². The van der Waals surface area contributed by atoms with E-state index in [1.807, 2.05) is 0 Å². The maximum Gasteiger partial charge on any atom is 0.210 e. The van der Waals surface area contributed by atoms with Crippen molar-refractivity contribution in [1.29, 1.82) is 0 Å². The first-order valence-electron chi connectivity index (χ1n) is 19.8. The Kier molecular flexibility index (Phi) is 11.5. The van der Waals surface area contributed by atoms with Crippen LogP contribution >= 0.6 is 11.6 Å². The largest absolute Gasteiger partial charge is 0.383 e. The number of anilines is 5. The molecule has 0 amide bonds. The number of methoxy groups -OCH3 is 2. The van der Waals surface area contributed by atoms with Crippen LogP contribution in [0.25, 0.3) is 0 Å². The van der Waals surface area contributed by atoms with Crippen molar-refractivity contribution < 1.29 is 14.0 Å². The Morgan fingerprint density at radius 3 is 1.98 bits per heavy atom. The third-order valence-electron chi connectivity index (χ3n) is 11.5. The number of ether oxygens (including phenoxy) is 2. The first-order valence-corrected chi connectivity index (χ1v) is 20.1. The van der Waals surface area contributed by atoms with Gasteiger partial charge in [-0.15, -0.1) is 0 Å². The Labute approximate surface area is 338 Å². The van der Waals surface area contributed by atoms with Crippen molar-refractivity contribution >= 4 is 51.4 Å². The van der Waals surface area contributed by atoms with Gasteiger partial charge in [0.2, 0.25) is 5.69 Å². The van der Waals surface area contributed by atoms with Gasteiger partial charge in [0.25, 0.3) is 0 Å². The SMILES string of the molecule is COCCN1/C(=C\C=C2/CCC(/C=C/C3=[N+](CCOC)c4ccc(Nc5cccc(C)c5)cc4C3(C)C)=C2Cl)C(C)(C)c2cc(Nc3cccc(C)c3)ccc21. The molecule has 3 aliphatic rings. The van der Waals surface area contributed by atoms with E-state index in [1.165, 1.54) is 56.2 Å². The molecule has 0 spiro atoms. The summed E-state index contributed by atoms with van der Waals surface area (Å²) >= 11 is 7.23. The minimum atomic E-state index is -0.219. The Balaban J connectivity index is 1.16. The lowest BCUT2D eigenvalue weighted by Gasteiger charge is -2.26. The molecule has 0 aromatic heterocycles. The third-order valence-corrected chi connectivity index (χ3v) is 12.0. The fraction of sp³-hybridized carbons (Fsp3) is 0.327. The molecule has 1 aliphatic carbocycles. The highest BCUT2D eigenvalue weighted by Crippen LogP contribution is 2.49. The van der Waals surface area contributed by atoms with Crippen molar-refractivity contribution in [2.45, 2.75) is 65.2 Å². The molecule has 2 aliphatic heterocycles. The summed E-state index contributed by atoms with van der Waals surface area (Å²) in [4.78, 5) is 2.41.